The average Bonchev–Trinajstić information content (AvgIpc) is 2.19. The first-order chi connectivity index (χ1) is 6.64. The van der Waals surface area contributed by atoms with E-state index in [2.05, 4.69) is 10.2 Å². The minimum atomic E-state index is -3.51. The van der Waals surface area contributed by atoms with Crippen LogP contribution in [0.1, 0.15) is 12.0 Å². The molecular weight excluding hydrogens is 202 g/mol. The molecule has 0 aliphatic heterocycles. The Labute approximate surface area is 83.8 Å². The summed E-state index contributed by atoms with van der Waals surface area (Å²) in [5, 5.41) is 0. The lowest BCUT2D eigenvalue weighted by molar-refractivity contribution is 0.332. The Morgan fingerprint density at radius 3 is 2.43 bits per heavy atom. The predicted octanol–water partition coefficient (Wildman–Crippen LogP) is 0.839. The van der Waals surface area contributed by atoms with Crippen molar-refractivity contribution in [3.63, 3.8) is 0 Å². The number of hydrogen-bond donors (Lipinski definition) is 1. The monoisotopic (exact) mass is 215 g/mol. The lowest BCUT2D eigenvalue weighted by Gasteiger charge is -2.01. The Hall–Kier alpha value is -0.910. The van der Waals surface area contributed by atoms with Crippen molar-refractivity contribution in [1.82, 2.24) is 0 Å². The Kier molecular flexibility index (Phi) is 4.06. The van der Waals surface area contributed by atoms with Crippen molar-refractivity contribution in [3.8, 4) is 0 Å². The molecule has 2 N–H and O–H groups in total. The third-order valence-electron chi connectivity index (χ3n) is 1.85. The van der Waals surface area contributed by atoms with Crippen molar-refractivity contribution in [2.24, 2.45) is 5.90 Å². The number of hydrogen-bond acceptors (Lipinski definition) is 4. The first-order valence-corrected chi connectivity index (χ1v) is 5.87. The van der Waals surface area contributed by atoms with Crippen LogP contribution in [0.3, 0.4) is 0 Å². The van der Waals surface area contributed by atoms with Crippen LogP contribution in [0.4, 0.5) is 0 Å². The normalized spacial score (nSPS) is 11.5. The van der Waals surface area contributed by atoms with Gasteiger partial charge >= 0.3 is 0 Å². The smallest absolute Gasteiger partial charge is 0.198 e. The minimum Gasteiger partial charge on any atom is -0.198 e. The summed E-state index contributed by atoms with van der Waals surface area (Å²) in [6, 6.07) is 9.67. The SMILES string of the molecule is NOS(=O)(=O)CCCc1ccccc1. The van der Waals surface area contributed by atoms with E-state index >= 15 is 0 Å². The van der Waals surface area contributed by atoms with Gasteiger partial charge in [0.2, 0.25) is 0 Å². The number of aryl methyl sites for hydroxylation is 1. The topological polar surface area (TPSA) is 69.4 Å². The van der Waals surface area contributed by atoms with Gasteiger partial charge in [0.25, 0.3) is 10.1 Å². The van der Waals surface area contributed by atoms with E-state index in [0.717, 1.165) is 5.56 Å². The maximum absolute atomic E-state index is 10.8. The van der Waals surface area contributed by atoms with Gasteiger partial charge in [-0.2, -0.15) is 18.6 Å². The molecule has 78 valence electrons. The molecule has 0 unspecified atom stereocenters. The molecule has 0 amide bonds. The van der Waals surface area contributed by atoms with Gasteiger partial charge in [-0.25, -0.2) is 0 Å². The summed E-state index contributed by atoms with van der Waals surface area (Å²) in [6.07, 6.45) is 1.23. The second kappa shape index (κ2) is 5.09. The van der Waals surface area contributed by atoms with Crippen molar-refractivity contribution in [2.75, 3.05) is 5.75 Å². The van der Waals surface area contributed by atoms with Crippen LogP contribution in [0.25, 0.3) is 0 Å². The largest absolute Gasteiger partial charge is 0.283 e. The lowest BCUT2D eigenvalue weighted by Crippen LogP contribution is -2.15. The third kappa shape index (κ3) is 3.87. The van der Waals surface area contributed by atoms with Gasteiger partial charge in [-0.05, 0) is 18.4 Å². The molecule has 0 saturated heterocycles. The van der Waals surface area contributed by atoms with Crippen LogP contribution in [-0.2, 0) is 20.8 Å². The molecule has 0 atom stereocenters. The summed E-state index contributed by atoms with van der Waals surface area (Å²) in [7, 11) is -3.51. The van der Waals surface area contributed by atoms with Crippen LogP contribution < -0.4 is 5.90 Å². The summed E-state index contributed by atoms with van der Waals surface area (Å²) >= 11 is 0. The summed E-state index contributed by atoms with van der Waals surface area (Å²) in [4.78, 5) is 0. The van der Waals surface area contributed by atoms with Gasteiger partial charge in [0.1, 0.15) is 0 Å². The van der Waals surface area contributed by atoms with Crippen molar-refractivity contribution >= 4 is 10.1 Å². The number of rotatable bonds is 5. The Morgan fingerprint density at radius 1 is 1.21 bits per heavy atom. The molecule has 0 heterocycles. The van der Waals surface area contributed by atoms with Gasteiger partial charge < -0.3 is 0 Å². The van der Waals surface area contributed by atoms with Crippen LogP contribution in [-0.4, -0.2) is 14.2 Å². The molecular formula is C9H13NO3S. The van der Waals surface area contributed by atoms with E-state index in [-0.39, 0.29) is 5.75 Å². The molecule has 1 aromatic carbocycles. The van der Waals surface area contributed by atoms with Crippen LogP contribution in [0.2, 0.25) is 0 Å². The van der Waals surface area contributed by atoms with Crippen molar-refractivity contribution < 1.29 is 12.7 Å². The highest BCUT2D eigenvalue weighted by Gasteiger charge is 2.08. The van der Waals surface area contributed by atoms with Crippen LogP contribution >= 0.6 is 0 Å². The Balaban J connectivity index is 2.37. The highest BCUT2D eigenvalue weighted by Crippen LogP contribution is 2.03. The van der Waals surface area contributed by atoms with Gasteiger partial charge in [0.15, 0.2) is 0 Å². The molecule has 0 aromatic heterocycles. The fourth-order valence-electron chi connectivity index (χ4n) is 1.15. The zero-order valence-corrected chi connectivity index (χ0v) is 8.53. The fraction of sp³-hybridized carbons (Fsp3) is 0.333. The molecule has 5 heteroatoms. The van der Waals surface area contributed by atoms with Gasteiger partial charge in [-0.1, -0.05) is 30.3 Å². The first kappa shape index (κ1) is 11.2. The number of nitrogens with two attached hydrogens (primary N) is 1. The molecule has 0 aliphatic carbocycles. The average molecular weight is 215 g/mol. The van der Waals surface area contributed by atoms with Crippen LogP contribution in [0.5, 0.6) is 0 Å². The maximum atomic E-state index is 10.8. The van der Waals surface area contributed by atoms with E-state index in [1.54, 1.807) is 0 Å². The van der Waals surface area contributed by atoms with E-state index in [1.165, 1.54) is 0 Å². The predicted molar refractivity (Wildman–Crippen MR) is 53.8 cm³/mol. The van der Waals surface area contributed by atoms with Crippen molar-refractivity contribution in [3.05, 3.63) is 35.9 Å². The van der Waals surface area contributed by atoms with Crippen LogP contribution in [0.15, 0.2) is 30.3 Å². The zero-order chi connectivity index (χ0) is 10.4. The molecule has 0 fully saturated rings. The summed E-state index contributed by atoms with van der Waals surface area (Å²) in [5.41, 5.74) is 1.11. The standard InChI is InChI=1S/C9H13NO3S/c10-13-14(11,12)8-4-7-9-5-2-1-3-6-9/h1-3,5-6H,4,7-8,10H2. The molecule has 0 bridgehead atoms. The second-order valence-corrected chi connectivity index (χ2v) is 4.66. The van der Waals surface area contributed by atoms with E-state index < -0.39 is 10.1 Å². The highest BCUT2D eigenvalue weighted by atomic mass is 32.2. The molecule has 1 rings (SSSR count). The van der Waals surface area contributed by atoms with E-state index in [1.807, 2.05) is 30.3 Å². The molecule has 0 aliphatic rings. The van der Waals surface area contributed by atoms with E-state index in [9.17, 15) is 8.42 Å². The minimum absolute atomic E-state index is 0.0433. The highest BCUT2D eigenvalue weighted by molar-refractivity contribution is 7.86. The maximum Gasteiger partial charge on any atom is 0.283 e. The summed E-state index contributed by atoms with van der Waals surface area (Å²) in [5.74, 6) is 4.55. The lowest BCUT2D eigenvalue weighted by atomic mass is 10.1. The van der Waals surface area contributed by atoms with Crippen LogP contribution in [0, 0.1) is 0 Å². The van der Waals surface area contributed by atoms with Gasteiger partial charge in [0.05, 0.1) is 5.75 Å². The Bertz CT molecular complexity index is 361. The number of benzene rings is 1. The third-order valence-corrected chi connectivity index (χ3v) is 2.93. The second-order valence-electron chi connectivity index (χ2n) is 2.95. The molecule has 4 nitrogen and oxygen atoms in total. The first-order valence-electron chi connectivity index (χ1n) is 4.29. The molecule has 0 radical (unpaired) electrons. The van der Waals surface area contributed by atoms with Gasteiger partial charge in [-0.15, -0.1) is 0 Å². The summed E-state index contributed by atoms with van der Waals surface area (Å²) < 4.78 is 25.5. The Morgan fingerprint density at radius 2 is 1.86 bits per heavy atom. The molecule has 1 aromatic rings. The van der Waals surface area contributed by atoms with Gasteiger partial charge in [0, 0.05) is 0 Å². The van der Waals surface area contributed by atoms with E-state index in [4.69, 9.17) is 0 Å². The quantitative estimate of drug-likeness (QED) is 0.739. The fourth-order valence-corrected chi connectivity index (χ4v) is 1.74. The van der Waals surface area contributed by atoms with Crippen molar-refractivity contribution in [2.45, 2.75) is 12.8 Å². The molecule has 14 heavy (non-hydrogen) atoms. The van der Waals surface area contributed by atoms with Crippen molar-refractivity contribution in [1.29, 1.82) is 0 Å². The summed E-state index contributed by atoms with van der Waals surface area (Å²) in [6.45, 7) is 0. The van der Waals surface area contributed by atoms with E-state index in [0.29, 0.717) is 12.8 Å². The molecule has 0 spiro atoms. The molecule has 0 saturated carbocycles. The van der Waals surface area contributed by atoms with Gasteiger partial charge in [-0.3, -0.25) is 0 Å². The zero-order valence-electron chi connectivity index (χ0n) is 7.72.